The van der Waals surface area contributed by atoms with Gasteiger partial charge in [-0.2, -0.15) is 0 Å². The lowest BCUT2D eigenvalue weighted by Crippen LogP contribution is -2.00. The van der Waals surface area contributed by atoms with Crippen molar-refractivity contribution >= 4 is 16.9 Å². The molecular formula is C11H10N2O2. The van der Waals surface area contributed by atoms with E-state index in [1.807, 2.05) is 6.92 Å². The monoisotopic (exact) mass is 202 g/mol. The molecule has 0 aliphatic carbocycles. The van der Waals surface area contributed by atoms with Crippen molar-refractivity contribution in [1.82, 2.24) is 9.97 Å². The summed E-state index contributed by atoms with van der Waals surface area (Å²) in [7, 11) is 0. The Morgan fingerprint density at radius 3 is 2.93 bits per heavy atom. The third-order valence-electron chi connectivity index (χ3n) is 2.22. The molecule has 0 saturated heterocycles. The van der Waals surface area contributed by atoms with E-state index in [9.17, 15) is 4.79 Å². The molecule has 1 N–H and O–H groups in total. The lowest BCUT2D eigenvalue weighted by Gasteiger charge is -2.02. The quantitative estimate of drug-likeness (QED) is 0.807. The highest BCUT2D eigenvalue weighted by Crippen LogP contribution is 2.16. The Balaban J connectivity index is 2.72. The van der Waals surface area contributed by atoms with Crippen molar-refractivity contribution in [2.75, 3.05) is 0 Å². The van der Waals surface area contributed by atoms with Crippen LogP contribution >= 0.6 is 0 Å². The summed E-state index contributed by atoms with van der Waals surface area (Å²) in [6, 6.07) is 5.04. The minimum Gasteiger partial charge on any atom is -0.478 e. The molecule has 0 radical (unpaired) electrons. The third-order valence-corrected chi connectivity index (χ3v) is 2.22. The maximum Gasteiger partial charge on any atom is 0.336 e. The minimum atomic E-state index is -0.951. The summed E-state index contributed by atoms with van der Waals surface area (Å²) in [4.78, 5) is 19.3. The second-order valence-electron chi connectivity index (χ2n) is 3.18. The highest BCUT2D eigenvalue weighted by atomic mass is 16.4. The van der Waals surface area contributed by atoms with Crippen molar-refractivity contribution in [1.29, 1.82) is 0 Å². The van der Waals surface area contributed by atoms with Gasteiger partial charge in [0.15, 0.2) is 0 Å². The molecule has 1 aromatic carbocycles. The zero-order valence-electron chi connectivity index (χ0n) is 8.27. The number of aromatic nitrogens is 2. The van der Waals surface area contributed by atoms with Gasteiger partial charge in [-0.3, -0.25) is 0 Å². The predicted molar refractivity (Wildman–Crippen MR) is 55.9 cm³/mol. The molecule has 0 bridgehead atoms. The molecule has 0 atom stereocenters. The van der Waals surface area contributed by atoms with Gasteiger partial charge in [0.1, 0.15) is 5.82 Å². The highest BCUT2D eigenvalue weighted by Gasteiger charge is 2.08. The number of carbonyl (C=O) groups is 1. The molecule has 0 spiro atoms. The van der Waals surface area contributed by atoms with Gasteiger partial charge in [0.05, 0.1) is 11.1 Å². The molecule has 0 aliphatic heterocycles. The van der Waals surface area contributed by atoms with Crippen molar-refractivity contribution in [3.8, 4) is 0 Å². The zero-order chi connectivity index (χ0) is 10.8. The van der Waals surface area contributed by atoms with Crippen LogP contribution in [0.4, 0.5) is 0 Å². The van der Waals surface area contributed by atoms with E-state index in [-0.39, 0.29) is 5.56 Å². The van der Waals surface area contributed by atoms with E-state index in [4.69, 9.17) is 5.11 Å². The Hall–Kier alpha value is -1.97. The molecule has 1 heterocycles. The van der Waals surface area contributed by atoms with Gasteiger partial charge < -0.3 is 5.11 Å². The fourth-order valence-corrected chi connectivity index (χ4v) is 1.45. The summed E-state index contributed by atoms with van der Waals surface area (Å²) in [5.41, 5.74) is 0.928. The Morgan fingerprint density at radius 2 is 2.27 bits per heavy atom. The van der Waals surface area contributed by atoms with Gasteiger partial charge in [-0.1, -0.05) is 13.0 Å². The van der Waals surface area contributed by atoms with Crippen LogP contribution in [0.5, 0.6) is 0 Å². The number of hydrogen-bond donors (Lipinski definition) is 1. The Labute approximate surface area is 86.6 Å². The number of rotatable bonds is 2. The van der Waals surface area contributed by atoms with E-state index in [0.717, 1.165) is 12.2 Å². The van der Waals surface area contributed by atoms with Crippen molar-refractivity contribution in [3.63, 3.8) is 0 Å². The highest BCUT2D eigenvalue weighted by molar-refractivity contribution is 6.02. The van der Waals surface area contributed by atoms with Crippen LogP contribution in [0.15, 0.2) is 24.4 Å². The maximum atomic E-state index is 10.9. The van der Waals surface area contributed by atoms with E-state index in [2.05, 4.69) is 9.97 Å². The van der Waals surface area contributed by atoms with Crippen LogP contribution in [0.2, 0.25) is 0 Å². The molecule has 4 nitrogen and oxygen atoms in total. The normalized spacial score (nSPS) is 10.5. The number of fused-ring (bicyclic) bond motifs is 1. The SMILES string of the molecule is CCc1ncc2c(C(=O)O)cccc2n1. The molecule has 0 fully saturated rings. The van der Waals surface area contributed by atoms with Gasteiger partial charge in [-0.05, 0) is 12.1 Å². The third kappa shape index (κ3) is 1.66. The van der Waals surface area contributed by atoms with Gasteiger partial charge in [0, 0.05) is 18.0 Å². The van der Waals surface area contributed by atoms with E-state index in [1.54, 1.807) is 24.4 Å². The van der Waals surface area contributed by atoms with Gasteiger partial charge >= 0.3 is 5.97 Å². The molecule has 0 unspecified atom stereocenters. The Morgan fingerprint density at radius 1 is 1.47 bits per heavy atom. The standard InChI is InChI=1S/C11H10N2O2/c1-2-10-12-6-8-7(11(14)15)4-3-5-9(8)13-10/h3-6H,2H2,1H3,(H,14,15). The number of aryl methyl sites for hydroxylation is 1. The lowest BCUT2D eigenvalue weighted by atomic mass is 10.1. The first-order chi connectivity index (χ1) is 7.22. The maximum absolute atomic E-state index is 10.9. The van der Waals surface area contributed by atoms with Gasteiger partial charge in [0.25, 0.3) is 0 Å². The number of aromatic carboxylic acids is 1. The molecule has 0 amide bonds. The molecule has 15 heavy (non-hydrogen) atoms. The molecule has 76 valence electrons. The number of carboxylic acid groups (broad SMARTS) is 1. The average Bonchev–Trinajstić information content (AvgIpc) is 2.27. The Bertz CT molecular complexity index is 523. The summed E-state index contributed by atoms with van der Waals surface area (Å²) in [6.07, 6.45) is 2.32. The summed E-state index contributed by atoms with van der Waals surface area (Å²) < 4.78 is 0. The predicted octanol–water partition coefficient (Wildman–Crippen LogP) is 1.89. The molecular weight excluding hydrogens is 192 g/mol. The van der Waals surface area contributed by atoms with Crippen LogP contribution in [0.25, 0.3) is 10.9 Å². The number of carboxylic acids is 1. The molecule has 2 aromatic rings. The number of nitrogens with zero attached hydrogens (tertiary/aromatic N) is 2. The van der Waals surface area contributed by atoms with Gasteiger partial charge in [-0.15, -0.1) is 0 Å². The van der Waals surface area contributed by atoms with Crippen molar-refractivity contribution < 1.29 is 9.90 Å². The largest absolute Gasteiger partial charge is 0.478 e. The summed E-state index contributed by atoms with van der Waals surface area (Å²) in [5, 5.41) is 9.54. The minimum absolute atomic E-state index is 0.246. The van der Waals surface area contributed by atoms with Crippen molar-refractivity contribution in [2.45, 2.75) is 13.3 Å². The second-order valence-corrected chi connectivity index (χ2v) is 3.18. The van der Waals surface area contributed by atoms with Crippen LogP contribution in [0, 0.1) is 0 Å². The zero-order valence-corrected chi connectivity index (χ0v) is 8.27. The van der Waals surface area contributed by atoms with E-state index < -0.39 is 5.97 Å². The van der Waals surface area contributed by atoms with Crippen LogP contribution < -0.4 is 0 Å². The van der Waals surface area contributed by atoms with Crippen LogP contribution in [-0.4, -0.2) is 21.0 Å². The summed E-state index contributed by atoms with van der Waals surface area (Å²) >= 11 is 0. The molecule has 0 saturated carbocycles. The van der Waals surface area contributed by atoms with Gasteiger partial charge in [-0.25, -0.2) is 14.8 Å². The first-order valence-electron chi connectivity index (χ1n) is 4.70. The Kier molecular flexibility index (Phi) is 2.33. The van der Waals surface area contributed by atoms with Crippen LogP contribution in [0.1, 0.15) is 23.1 Å². The summed E-state index contributed by atoms with van der Waals surface area (Å²) in [6.45, 7) is 1.96. The second kappa shape index (κ2) is 3.65. The van der Waals surface area contributed by atoms with E-state index >= 15 is 0 Å². The first-order valence-corrected chi connectivity index (χ1v) is 4.70. The van der Waals surface area contributed by atoms with E-state index in [1.165, 1.54) is 0 Å². The van der Waals surface area contributed by atoms with Crippen LogP contribution in [-0.2, 0) is 6.42 Å². The first kappa shape index (κ1) is 9.58. The smallest absolute Gasteiger partial charge is 0.336 e. The fraction of sp³-hybridized carbons (Fsp3) is 0.182. The molecule has 2 rings (SSSR count). The van der Waals surface area contributed by atoms with Gasteiger partial charge in [0.2, 0.25) is 0 Å². The molecule has 1 aromatic heterocycles. The number of hydrogen-bond acceptors (Lipinski definition) is 3. The fourth-order valence-electron chi connectivity index (χ4n) is 1.45. The molecule has 4 heteroatoms. The van der Waals surface area contributed by atoms with Crippen molar-refractivity contribution in [2.24, 2.45) is 0 Å². The van der Waals surface area contributed by atoms with E-state index in [0.29, 0.717) is 10.9 Å². The number of benzene rings is 1. The van der Waals surface area contributed by atoms with Crippen molar-refractivity contribution in [3.05, 3.63) is 35.8 Å². The lowest BCUT2D eigenvalue weighted by molar-refractivity contribution is 0.0699. The average molecular weight is 202 g/mol. The topological polar surface area (TPSA) is 63.1 Å². The van der Waals surface area contributed by atoms with Crippen LogP contribution in [0.3, 0.4) is 0 Å². The summed E-state index contributed by atoms with van der Waals surface area (Å²) in [5.74, 6) is -0.224. The molecule has 0 aliphatic rings.